The van der Waals surface area contributed by atoms with E-state index in [4.69, 9.17) is 42.4 Å². The molecule has 33 heavy (non-hydrogen) atoms. The van der Waals surface area contributed by atoms with Crippen LogP contribution in [0, 0.1) is 20.5 Å². The third-order valence-corrected chi connectivity index (χ3v) is 3.87. The zero-order valence-electron chi connectivity index (χ0n) is 18.0. The van der Waals surface area contributed by atoms with Crippen LogP contribution in [-0.2, 0) is 16.5 Å². The van der Waals surface area contributed by atoms with Crippen molar-refractivity contribution in [2.24, 2.45) is 9.98 Å². The molecule has 1 N–H and O–H groups in total. The summed E-state index contributed by atoms with van der Waals surface area (Å²) in [6, 6.07) is 6.02. The number of aliphatic hydroxyl groups is 1. The molecule has 2 rings (SSSR count). The van der Waals surface area contributed by atoms with Gasteiger partial charge in [-0.25, -0.2) is 42.3 Å². The molecule has 1 aliphatic heterocycles. The first-order chi connectivity index (χ1) is 14.7. The topological polar surface area (TPSA) is 246 Å². The Hall–Kier alpha value is -0.836. The zero-order chi connectivity index (χ0) is 24.8. The van der Waals surface area contributed by atoms with E-state index in [1.54, 1.807) is 0 Å². The van der Waals surface area contributed by atoms with Gasteiger partial charge in [-0.2, -0.15) is 0 Å². The average molecular weight is 560 g/mol. The van der Waals surface area contributed by atoms with Crippen LogP contribution >= 0.6 is 0 Å². The molecule has 0 fully saturated rings. The van der Waals surface area contributed by atoms with E-state index in [-0.39, 0.29) is 23.1 Å². The Kier molecular flexibility index (Phi) is 18.3. The molecular formula is C17H26Cl2N4NiO9. The van der Waals surface area contributed by atoms with E-state index >= 15 is 0 Å². The minimum absolute atomic E-state index is 0. The smallest absolute Gasteiger partial charge is 0.395 e. The van der Waals surface area contributed by atoms with E-state index in [9.17, 15) is 0 Å². The van der Waals surface area contributed by atoms with Gasteiger partial charge in [0.05, 0.1) is 29.4 Å². The number of β-amino-alcohol motifs (C(OH)–C–C–N with tert-alkyl or cyclic N) is 1. The largest absolute Gasteiger partial charge is 2.00 e. The number of hydrogen-bond donors (Lipinski definition) is 1. The first-order valence-corrected chi connectivity index (χ1v) is 11.7. The van der Waals surface area contributed by atoms with E-state index < -0.39 is 20.5 Å². The Morgan fingerprint density at radius 2 is 1.18 bits per heavy atom. The fraction of sp³-hybridized carbons (Fsp3) is 0.588. The summed E-state index contributed by atoms with van der Waals surface area (Å²) in [4.78, 5) is 16.2. The molecule has 1 aliphatic rings. The van der Waals surface area contributed by atoms with E-state index in [2.05, 4.69) is 19.9 Å². The van der Waals surface area contributed by atoms with Crippen molar-refractivity contribution >= 4 is 11.4 Å². The number of pyridine rings is 1. The Morgan fingerprint density at radius 3 is 1.52 bits per heavy atom. The van der Waals surface area contributed by atoms with Crippen LogP contribution in [0.3, 0.4) is 0 Å². The fourth-order valence-electron chi connectivity index (χ4n) is 2.56. The van der Waals surface area contributed by atoms with Crippen molar-refractivity contribution in [3.8, 4) is 0 Å². The molecule has 0 aromatic carbocycles. The molecule has 0 saturated heterocycles. The minimum atomic E-state index is -4.94. The van der Waals surface area contributed by atoms with Crippen molar-refractivity contribution < 1.29 is 79.4 Å². The standard InChI is InChI=1S/C17H26N4O.2ClHO4.Ni/c1-14-16-6-3-7-17(20-16)15(2)19-9-5-11-21(12-13-22)10-4-8-18-14;2*2-1(3,4)5;/h3,6-7,22H,4-5,8-13H2,1-2H3;2*(H,2,3,4,5);/q;;;+2/p-2. The maximum atomic E-state index is 9.15. The van der Waals surface area contributed by atoms with Crippen LogP contribution in [0.1, 0.15) is 38.1 Å². The molecule has 1 aromatic heterocycles. The van der Waals surface area contributed by atoms with E-state index in [0.717, 1.165) is 68.4 Å². The molecule has 2 heterocycles. The predicted octanol–water partition coefficient (Wildman–Crippen LogP) is -7.73. The number of aliphatic imine (C=N–C) groups is 2. The zero-order valence-corrected chi connectivity index (χ0v) is 20.5. The van der Waals surface area contributed by atoms with Crippen molar-refractivity contribution in [2.45, 2.75) is 26.7 Å². The molecule has 0 atom stereocenters. The number of aromatic nitrogens is 1. The van der Waals surface area contributed by atoms with Crippen molar-refractivity contribution in [3.05, 3.63) is 29.6 Å². The summed E-state index contributed by atoms with van der Waals surface area (Å²) in [6.45, 7) is 8.48. The summed E-state index contributed by atoms with van der Waals surface area (Å²) >= 11 is 0. The molecule has 0 unspecified atom stereocenters. The normalized spacial score (nSPS) is 15.8. The summed E-state index contributed by atoms with van der Waals surface area (Å²) in [5.74, 6) is 0. The van der Waals surface area contributed by atoms with Gasteiger partial charge in [-0.3, -0.25) is 9.98 Å². The van der Waals surface area contributed by atoms with Gasteiger partial charge in [0.2, 0.25) is 0 Å². The van der Waals surface area contributed by atoms with Gasteiger partial charge in [0.25, 0.3) is 0 Å². The predicted molar refractivity (Wildman–Crippen MR) is 91.2 cm³/mol. The molecular weight excluding hydrogens is 534 g/mol. The SMILES string of the molecule is CC1=NCCCN(CCO)CCCN=C(C)c2cccc1n2.[Ni+2].[O-][Cl+3]([O-])([O-])[O-].[O-][Cl+3]([O-])([O-])[O-]. The fourth-order valence-corrected chi connectivity index (χ4v) is 2.56. The summed E-state index contributed by atoms with van der Waals surface area (Å²) in [6.07, 6.45) is 2.00. The van der Waals surface area contributed by atoms with E-state index in [1.807, 2.05) is 32.0 Å². The van der Waals surface area contributed by atoms with E-state index in [0.29, 0.717) is 0 Å². The number of rotatable bonds is 2. The van der Waals surface area contributed by atoms with Gasteiger partial charge >= 0.3 is 16.5 Å². The van der Waals surface area contributed by atoms with E-state index in [1.165, 1.54) is 0 Å². The molecule has 16 heteroatoms. The quantitative estimate of drug-likeness (QED) is 0.333. The van der Waals surface area contributed by atoms with Crippen molar-refractivity contribution in [3.63, 3.8) is 0 Å². The maximum absolute atomic E-state index is 9.15. The second-order valence-corrected chi connectivity index (χ2v) is 7.88. The summed E-state index contributed by atoms with van der Waals surface area (Å²) < 4.78 is 67.9. The Bertz CT molecular complexity index is 666. The van der Waals surface area contributed by atoms with Crippen LogP contribution in [0.5, 0.6) is 0 Å². The van der Waals surface area contributed by atoms with Crippen molar-refractivity contribution in [2.75, 3.05) is 39.3 Å². The van der Waals surface area contributed by atoms with Gasteiger partial charge in [0, 0.05) is 19.6 Å². The molecule has 0 aliphatic carbocycles. The van der Waals surface area contributed by atoms with Crippen LogP contribution in [0.4, 0.5) is 0 Å². The van der Waals surface area contributed by atoms with Crippen LogP contribution in [-0.4, -0.2) is 65.7 Å². The van der Waals surface area contributed by atoms with Crippen molar-refractivity contribution in [1.29, 1.82) is 0 Å². The second-order valence-electron chi connectivity index (χ2n) is 6.37. The monoisotopic (exact) mass is 558 g/mol. The summed E-state index contributed by atoms with van der Waals surface area (Å²) in [5, 5.41) is 9.15. The van der Waals surface area contributed by atoms with Gasteiger partial charge in [0.1, 0.15) is 0 Å². The first kappa shape index (κ1) is 34.3. The van der Waals surface area contributed by atoms with Gasteiger partial charge in [-0.1, -0.05) is 6.07 Å². The van der Waals surface area contributed by atoms with Crippen LogP contribution < -0.4 is 37.3 Å². The number of halogens is 2. The third-order valence-electron chi connectivity index (χ3n) is 3.87. The molecule has 0 spiro atoms. The van der Waals surface area contributed by atoms with Crippen LogP contribution in [0.2, 0.25) is 0 Å². The molecule has 13 nitrogen and oxygen atoms in total. The molecule has 0 radical (unpaired) electrons. The number of aliphatic hydroxyl groups excluding tert-OH is 1. The number of nitrogens with zero attached hydrogens (tertiary/aromatic N) is 4. The Labute approximate surface area is 206 Å². The Morgan fingerprint density at radius 1 is 0.818 bits per heavy atom. The summed E-state index contributed by atoms with van der Waals surface area (Å²) in [7, 11) is -9.89. The molecule has 0 saturated carbocycles. The van der Waals surface area contributed by atoms with Gasteiger partial charge < -0.3 is 10.0 Å². The van der Waals surface area contributed by atoms with Gasteiger partial charge in [0.15, 0.2) is 0 Å². The Balaban J connectivity index is 0. The number of hydrogen-bond acceptors (Lipinski definition) is 13. The van der Waals surface area contributed by atoms with Crippen molar-refractivity contribution in [1.82, 2.24) is 9.88 Å². The second kappa shape index (κ2) is 17.6. The van der Waals surface area contributed by atoms with Gasteiger partial charge in [-0.15, -0.1) is 20.5 Å². The van der Waals surface area contributed by atoms with Crippen LogP contribution in [0.15, 0.2) is 28.2 Å². The molecule has 192 valence electrons. The molecule has 1 aromatic rings. The number of fused-ring (bicyclic) bond motifs is 2. The molecule has 2 bridgehead atoms. The third kappa shape index (κ3) is 22.7. The average Bonchev–Trinajstić information content (AvgIpc) is 2.65. The van der Waals surface area contributed by atoms with Gasteiger partial charge in [-0.05, 0) is 51.9 Å². The summed E-state index contributed by atoms with van der Waals surface area (Å²) in [5.41, 5.74) is 3.80. The minimum Gasteiger partial charge on any atom is -0.395 e. The molecule has 0 amide bonds. The first-order valence-electron chi connectivity index (χ1n) is 9.27. The maximum Gasteiger partial charge on any atom is 2.00 e. The van der Waals surface area contributed by atoms with Crippen LogP contribution in [0.25, 0.3) is 0 Å².